The van der Waals surface area contributed by atoms with Crippen molar-refractivity contribution in [3.05, 3.63) is 29.8 Å². The molecule has 1 aromatic rings. The number of aliphatic hydroxyl groups excluding tert-OH is 1. The van der Waals surface area contributed by atoms with Gasteiger partial charge in [-0.25, -0.2) is 0 Å². The maximum atomic E-state index is 9.14. The van der Waals surface area contributed by atoms with E-state index in [0.29, 0.717) is 13.2 Å². The average Bonchev–Trinajstić information content (AvgIpc) is 2.54. The van der Waals surface area contributed by atoms with Gasteiger partial charge in [0.15, 0.2) is 0 Å². The van der Waals surface area contributed by atoms with Crippen molar-refractivity contribution in [2.24, 2.45) is 0 Å². The van der Waals surface area contributed by atoms with Gasteiger partial charge in [-0.3, -0.25) is 4.90 Å². The molecule has 4 heteroatoms. The van der Waals surface area contributed by atoms with Crippen molar-refractivity contribution >= 4 is 5.69 Å². The Morgan fingerprint density at radius 3 is 2.43 bits per heavy atom. The SMILES string of the molecule is COCCN(CCO)Cc1ccc(N2CCCCC2)cc1. The number of ether oxygens (including phenoxy) is 1. The number of methoxy groups -OCH3 is 1. The first-order valence-corrected chi connectivity index (χ1v) is 7.99. The van der Waals surface area contributed by atoms with Crippen LogP contribution in [0.25, 0.3) is 0 Å². The molecule has 0 atom stereocenters. The van der Waals surface area contributed by atoms with Crippen molar-refractivity contribution in [1.29, 1.82) is 0 Å². The van der Waals surface area contributed by atoms with Gasteiger partial charge in [-0.05, 0) is 37.0 Å². The molecule has 0 spiro atoms. The van der Waals surface area contributed by atoms with Gasteiger partial charge in [0, 0.05) is 45.5 Å². The molecule has 1 aliphatic heterocycles. The molecule has 0 aromatic heterocycles. The van der Waals surface area contributed by atoms with E-state index in [0.717, 1.165) is 13.1 Å². The number of benzene rings is 1. The number of aliphatic hydroxyl groups is 1. The van der Waals surface area contributed by atoms with E-state index in [-0.39, 0.29) is 6.61 Å². The second-order valence-corrected chi connectivity index (χ2v) is 5.71. The standard InChI is InChI=1S/C17H28N2O2/c1-21-14-12-18(11-13-20)15-16-5-7-17(8-6-16)19-9-3-2-4-10-19/h5-8,20H,2-4,9-15H2,1H3. The number of anilines is 1. The van der Waals surface area contributed by atoms with Crippen LogP contribution in [0.4, 0.5) is 5.69 Å². The number of nitrogens with zero attached hydrogens (tertiary/aromatic N) is 2. The zero-order valence-electron chi connectivity index (χ0n) is 13.1. The quantitative estimate of drug-likeness (QED) is 0.796. The van der Waals surface area contributed by atoms with Gasteiger partial charge in [-0.1, -0.05) is 12.1 Å². The third kappa shape index (κ3) is 5.30. The van der Waals surface area contributed by atoms with Crippen LogP contribution < -0.4 is 4.90 Å². The summed E-state index contributed by atoms with van der Waals surface area (Å²) in [7, 11) is 1.71. The third-order valence-corrected chi connectivity index (χ3v) is 4.09. The van der Waals surface area contributed by atoms with Gasteiger partial charge in [0.05, 0.1) is 13.2 Å². The zero-order valence-corrected chi connectivity index (χ0v) is 13.1. The fraction of sp³-hybridized carbons (Fsp3) is 0.647. The maximum absolute atomic E-state index is 9.14. The average molecular weight is 292 g/mol. The van der Waals surface area contributed by atoms with Crippen molar-refractivity contribution in [3.63, 3.8) is 0 Å². The Bertz CT molecular complexity index is 388. The minimum atomic E-state index is 0.190. The van der Waals surface area contributed by atoms with Crippen molar-refractivity contribution in [2.45, 2.75) is 25.8 Å². The van der Waals surface area contributed by atoms with Gasteiger partial charge in [0.1, 0.15) is 0 Å². The fourth-order valence-corrected chi connectivity index (χ4v) is 2.85. The highest BCUT2D eigenvalue weighted by atomic mass is 16.5. The summed E-state index contributed by atoms with van der Waals surface area (Å²) in [5.41, 5.74) is 2.63. The van der Waals surface area contributed by atoms with Gasteiger partial charge >= 0.3 is 0 Å². The first kappa shape index (κ1) is 16.3. The van der Waals surface area contributed by atoms with Gasteiger partial charge in [0.25, 0.3) is 0 Å². The van der Waals surface area contributed by atoms with E-state index in [1.54, 1.807) is 7.11 Å². The molecule has 1 aliphatic rings. The van der Waals surface area contributed by atoms with E-state index < -0.39 is 0 Å². The normalized spacial score (nSPS) is 15.7. The number of hydrogen-bond donors (Lipinski definition) is 1. The smallest absolute Gasteiger partial charge is 0.0589 e. The Morgan fingerprint density at radius 1 is 1.10 bits per heavy atom. The lowest BCUT2D eigenvalue weighted by molar-refractivity contribution is 0.127. The maximum Gasteiger partial charge on any atom is 0.0589 e. The molecule has 1 N–H and O–H groups in total. The molecule has 1 fully saturated rings. The first-order valence-electron chi connectivity index (χ1n) is 7.99. The molecule has 0 amide bonds. The van der Waals surface area contributed by atoms with Crippen LogP contribution >= 0.6 is 0 Å². The Kier molecular flexibility index (Phi) is 7.00. The minimum absolute atomic E-state index is 0.190. The molecule has 1 aromatic carbocycles. The topological polar surface area (TPSA) is 35.9 Å². The molecule has 0 bridgehead atoms. The highest BCUT2D eigenvalue weighted by Gasteiger charge is 2.11. The lowest BCUT2D eigenvalue weighted by atomic mass is 10.1. The van der Waals surface area contributed by atoms with Crippen LogP contribution in [-0.2, 0) is 11.3 Å². The Hall–Kier alpha value is -1.10. The number of rotatable bonds is 8. The molecule has 0 aliphatic carbocycles. The van der Waals surface area contributed by atoms with E-state index in [4.69, 9.17) is 9.84 Å². The summed E-state index contributed by atoms with van der Waals surface area (Å²) in [4.78, 5) is 4.70. The van der Waals surface area contributed by atoms with Crippen LogP contribution in [0.2, 0.25) is 0 Å². The lowest BCUT2D eigenvalue weighted by Crippen LogP contribution is -2.30. The minimum Gasteiger partial charge on any atom is -0.395 e. The van der Waals surface area contributed by atoms with Gasteiger partial charge in [-0.15, -0.1) is 0 Å². The van der Waals surface area contributed by atoms with Crippen molar-refractivity contribution in [3.8, 4) is 0 Å². The summed E-state index contributed by atoms with van der Waals surface area (Å²) in [6.45, 7) is 5.67. The molecule has 4 nitrogen and oxygen atoms in total. The van der Waals surface area contributed by atoms with Gasteiger partial charge < -0.3 is 14.7 Å². The molecule has 118 valence electrons. The molecular formula is C17H28N2O2. The Labute approximate surface area is 128 Å². The van der Waals surface area contributed by atoms with Crippen LogP contribution in [0.3, 0.4) is 0 Å². The molecule has 2 rings (SSSR count). The molecule has 0 saturated carbocycles. The second-order valence-electron chi connectivity index (χ2n) is 5.71. The highest BCUT2D eigenvalue weighted by molar-refractivity contribution is 5.47. The van der Waals surface area contributed by atoms with E-state index in [1.807, 2.05) is 0 Å². The summed E-state index contributed by atoms with van der Waals surface area (Å²) < 4.78 is 5.12. The van der Waals surface area contributed by atoms with E-state index in [9.17, 15) is 0 Å². The van der Waals surface area contributed by atoms with Crippen LogP contribution in [-0.4, -0.2) is 56.5 Å². The predicted octanol–water partition coefficient (Wildman–Crippen LogP) is 2.12. The van der Waals surface area contributed by atoms with Crippen molar-refractivity contribution in [1.82, 2.24) is 4.90 Å². The molecule has 21 heavy (non-hydrogen) atoms. The molecule has 0 unspecified atom stereocenters. The Morgan fingerprint density at radius 2 is 1.81 bits per heavy atom. The molecule has 1 heterocycles. The molecular weight excluding hydrogens is 264 g/mol. The van der Waals surface area contributed by atoms with Crippen LogP contribution in [0.5, 0.6) is 0 Å². The van der Waals surface area contributed by atoms with Crippen LogP contribution in [0, 0.1) is 0 Å². The molecule has 0 radical (unpaired) electrons. The largest absolute Gasteiger partial charge is 0.395 e. The monoisotopic (exact) mass is 292 g/mol. The summed E-state index contributed by atoms with van der Waals surface area (Å²) in [5.74, 6) is 0. The highest BCUT2D eigenvalue weighted by Crippen LogP contribution is 2.20. The Balaban J connectivity index is 1.90. The summed E-state index contributed by atoms with van der Waals surface area (Å²) in [6, 6.07) is 8.88. The van der Waals surface area contributed by atoms with Crippen molar-refractivity contribution in [2.75, 3.05) is 51.4 Å². The van der Waals surface area contributed by atoms with E-state index >= 15 is 0 Å². The first-order chi connectivity index (χ1) is 10.3. The predicted molar refractivity (Wildman–Crippen MR) is 86.7 cm³/mol. The lowest BCUT2D eigenvalue weighted by Gasteiger charge is -2.29. The molecule has 1 saturated heterocycles. The zero-order chi connectivity index (χ0) is 14.9. The van der Waals surface area contributed by atoms with E-state index in [1.165, 1.54) is 43.6 Å². The van der Waals surface area contributed by atoms with E-state index in [2.05, 4.69) is 34.1 Å². The third-order valence-electron chi connectivity index (χ3n) is 4.09. The van der Waals surface area contributed by atoms with Crippen molar-refractivity contribution < 1.29 is 9.84 Å². The fourth-order valence-electron chi connectivity index (χ4n) is 2.85. The number of hydrogen-bond acceptors (Lipinski definition) is 4. The number of piperidine rings is 1. The van der Waals surface area contributed by atoms with Crippen LogP contribution in [0.1, 0.15) is 24.8 Å². The summed E-state index contributed by atoms with van der Waals surface area (Å²) in [5, 5.41) is 9.14. The summed E-state index contributed by atoms with van der Waals surface area (Å²) in [6.07, 6.45) is 3.98. The summed E-state index contributed by atoms with van der Waals surface area (Å²) >= 11 is 0. The van der Waals surface area contributed by atoms with Gasteiger partial charge in [0.2, 0.25) is 0 Å². The second kappa shape index (κ2) is 9.03. The van der Waals surface area contributed by atoms with Gasteiger partial charge in [-0.2, -0.15) is 0 Å². The van der Waals surface area contributed by atoms with Crippen LogP contribution in [0.15, 0.2) is 24.3 Å².